The Balaban J connectivity index is -0.0000000147. The van der Waals surface area contributed by atoms with E-state index in [4.69, 9.17) is 85.6 Å². The van der Waals surface area contributed by atoms with Crippen LogP contribution in [0.3, 0.4) is 0 Å². The molecule has 0 spiro atoms. The van der Waals surface area contributed by atoms with Gasteiger partial charge >= 0.3 is 29.5 Å². The summed E-state index contributed by atoms with van der Waals surface area (Å²) in [7, 11) is 0. The molecule has 0 aromatic heterocycles. The Morgan fingerprint density at radius 1 is 0.647 bits per heavy atom. The summed E-state index contributed by atoms with van der Waals surface area (Å²) in [5.41, 5.74) is 5.75. The van der Waals surface area contributed by atoms with Gasteiger partial charge in [-0.05, 0) is 0 Å². The van der Waals surface area contributed by atoms with Crippen LogP contribution in [-0.2, 0) is 21.2 Å². The van der Waals surface area contributed by atoms with E-state index < -0.39 is 13.6 Å². The van der Waals surface area contributed by atoms with Crippen molar-refractivity contribution in [2.24, 2.45) is 0 Å². The van der Waals surface area contributed by atoms with Crippen LogP contribution in [0.1, 0.15) is 0 Å². The molecule has 0 saturated heterocycles. The van der Waals surface area contributed by atoms with E-state index in [0.717, 1.165) is 0 Å². The third-order valence-electron chi connectivity index (χ3n) is 0. The van der Waals surface area contributed by atoms with Crippen LogP contribution < -0.4 is 0 Å². The predicted octanol–water partition coefficient (Wildman–Crippen LogP) is -0.550. The van der Waals surface area contributed by atoms with Crippen molar-refractivity contribution in [2.75, 3.05) is 0 Å². The van der Waals surface area contributed by atoms with Crippen molar-refractivity contribution in [1.82, 2.24) is 0 Å². The predicted molar refractivity (Wildman–Crippen MR) is 37.4 cm³/mol. The third-order valence-corrected chi connectivity index (χ3v) is 0. The normalized spacial score (nSPS) is 4.24. The van der Waals surface area contributed by atoms with Crippen molar-refractivity contribution in [1.29, 1.82) is 26.3 Å². The molecule has 0 fully saturated rings. The summed E-state index contributed by atoms with van der Waals surface area (Å²) < 4.78 is 31.9. The summed E-state index contributed by atoms with van der Waals surface area (Å²) in [5.74, 6) is 0. The SMILES string of the molecule is [C-]#N.[C-]#N.[C-]#N.[C-]#N.[C-]#N.[N-]=O.[O]=[Cr](=[O])([OH])[OH]. The first-order chi connectivity index (χ1) is 8.00. The standard InChI is InChI=1S/5CN.Cr.NO.2H2O.2O/c5*1-2;;1-2;;;;/h;;;;;;;2*1H2;;/q5*-1;+2;-1;;;;/p-2. The number of nitrogens with zero attached hydrogens (tertiary/aromatic N) is 6. The maximum absolute atomic E-state index is 8.82. The Hall–Kier alpha value is -2.90. The van der Waals surface area contributed by atoms with Gasteiger partial charge in [-0.3, -0.25) is 0 Å². The molecule has 0 aliphatic heterocycles. The molecule has 11 nitrogen and oxygen atoms in total. The third kappa shape index (κ3) is 192. The molecule has 0 rings (SSSR count). The van der Waals surface area contributed by atoms with Crippen molar-refractivity contribution in [3.63, 3.8) is 0 Å². The van der Waals surface area contributed by atoms with E-state index in [1.165, 1.54) is 0 Å². The van der Waals surface area contributed by atoms with Gasteiger partial charge in [-0.1, -0.05) is 0 Å². The van der Waals surface area contributed by atoms with E-state index in [1.54, 1.807) is 0 Å². The summed E-state index contributed by atoms with van der Waals surface area (Å²) >= 11 is -5.25. The Kier molecular flexibility index (Phi) is 563. The molecule has 0 aliphatic carbocycles. The summed E-state index contributed by atoms with van der Waals surface area (Å²) in [6.07, 6.45) is 0. The first kappa shape index (κ1) is 48.0. The Bertz CT molecular complexity index is 245. The fraction of sp³-hybridized carbons (Fsp3) is 0. The molecule has 0 aliphatic rings. The van der Waals surface area contributed by atoms with Crippen LogP contribution >= 0.6 is 0 Å². The van der Waals surface area contributed by atoms with Gasteiger partial charge in [0.2, 0.25) is 0 Å². The molecule has 0 atom stereocenters. The van der Waals surface area contributed by atoms with E-state index in [2.05, 4.69) is 0 Å². The fourth-order valence-corrected chi connectivity index (χ4v) is 0. The Labute approximate surface area is 99.7 Å². The van der Waals surface area contributed by atoms with Gasteiger partial charge in [0.25, 0.3) is 0 Å². The van der Waals surface area contributed by atoms with Gasteiger partial charge in [-0.25, -0.2) is 0 Å². The second kappa shape index (κ2) is 199. The van der Waals surface area contributed by atoms with Crippen LogP contribution in [0, 0.1) is 64.1 Å². The molecule has 0 amide bonds. The molecule has 0 unspecified atom stereocenters. The summed E-state index contributed by atoms with van der Waals surface area (Å²) in [4.78, 5) is 7.25. The summed E-state index contributed by atoms with van der Waals surface area (Å²) in [6.45, 7) is 23.8. The second-order valence-corrected chi connectivity index (χ2v) is 1.85. The molecule has 0 radical (unpaired) electrons. The van der Waals surface area contributed by atoms with Crippen molar-refractivity contribution in [2.45, 2.75) is 0 Å². The number of hydrogen-bond acceptors (Lipinski definition) is 8. The van der Waals surface area contributed by atoms with E-state index in [0.29, 0.717) is 0 Å². The first-order valence-corrected chi connectivity index (χ1v) is 4.18. The first-order valence-electron chi connectivity index (χ1n) is 2.00. The molecule has 0 saturated carbocycles. The van der Waals surface area contributed by atoms with Gasteiger partial charge in [0.05, 0.1) is 0 Å². The van der Waals surface area contributed by atoms with Crippen LogP contribution in [0.15, 0.2) is 0 Å². The minimum atomic E-state index is -5.25. The van der Waals surface area contributed by atoms with E-state index in [9.17, 15) is 0 Å². The maximum atomic E-state index is 8.82. The molecule has 0 heterocycles. The van der Waals surface area contributed by atoms with Gasteiger partial charge < -0.3 is 69.7 Å². The molecule has 17 heavy (non-hydrogen) atoms. The van der Waals surface area contributed by atoms with Crippen LogP contribution in [0.2, 0.25) is 0 Å². The van der Waals surface area contributed by atoms with Crippen LogP contribution in [0.5, 0.6) is 0 Å². The van der Waals surface area contributed by atoms with Gasteiger partial charge in [0, 0.05) is 0 Å². The molecule has 0 bridgehead atoms. The van der Waals surface area contributed by atoms with E-state index in [1.807, 2.05) is 0 Å². The van der Waals surface area contributed by atoms with Crippen LogP contribution in [0.25, 0.3) is 5.59 Å². The minimum absolute atomic E-state index is 4.75. The zero-order chi connectivity index (χ0) is 16.5. The molecule has 12 heteroatoms. The van der Waals surface area contributed by atoms with Crippen molar-refractivity contribution >= 4 is 0 Å². The average Bonchev–Trinajstić information content (AvgIpc) is 2.41. The fourth-order valence-electron chi connectivity index (χ4n) is 0. The zero-order valence-electron chi connectivity index (χ0n) is 7.71. The number of nitroso groups, excluding NO2 is 1. The van der Waals surface area contributed by atoms with Crippen LogP contribution in [0.4, 0.5) is 0 Å². The molecular weight excluding hydrogens is 276 g/mol. The molecule has 94 valence electrons. The molecule has 2 N–H and O–H groups in total. The Morgan fingerprint density at radius 2 is 0.647 bits per heavy atom. The van der Waals surface area contributed by atoms with E-state index >= 15 is 0 Å². The number of hydrogen-bond donors (Lipinski definition) is 2. The molecular formula is C5H2CrN6O5-6. The van der Waals surface area contributed by atoms with Gasteiger partial charge in [-0.15, -0.1) is 0 Å². The topological polar surface area (TPSA) is 233 Å². The molecule has 0 aromatic carbocycles. The van der Waals surface area contributed by atoms with Gasteiger partial charge in [0.1, 0.15) is 0 Å². The summed E-state index contributed by atoms with van der Waals surface area (Å²) in [6, 6.07) is 0. The molecule has 0 aromatic rings. The quantitative estimate of drug-likeness (QED) is 0.535. The second-order valence-electron chi connectivity index (χ2n) is 0.448. The van der Waals surface area contributed by atoms with E-state index in [-0.39, 0.29) is 0 Å². The van der Waals surface area contributed by atoms with Crippen molar-refractivity contribution in [3.05, 3.63) is 43.4 Å². The number of rotatable bonds is 0. The average molecular weight is 278 g/mol. The summed E-state index contributed by atoms with van der Waals surface area (Å²) in [5, 5.41) is 31.2. The zero-order valence-corrected chi connectivity index (χ0v) is 8.99. The monoisotopic (exact) mass is 278 g/mol. The van der Waals surface area contributed by atoms with Crippen molar-refractivity contribution < 1.29 is 29.5 Å². The van der Waals surface area contributed by atoms with Crippen LogP contribution in [-0.4, -0.2) is 8.32 Å². The van der Waals surface area contributed by atoms with Gasteiger partial charge in [0.15, 0.2) is 0 Å². The Morgan fingerprint density at radius 3 is 0.647 bits per heavy atom. The van der Waals surface area contributed by atoms with Crippen molar-refractivity contribution in [3.8, 4) is 0 Å². The van der Waals surface area contributed by atoms with Gasteiger partial charge in [-0.2, -0.15) is 0 Å².